The van der Waals surface area contributed by atoms with Crippen LogP contribution in [-0.2, 0) is 6.42 Å². The van der Waals surface area contributed by atoms with Crippen LogP contribution in [0.1, 0.15) is 22.7 Å². The van der Waals surface area contributed by atoms with Crippen LogP contribution in [0, 0.1) is 6.92 Å². The number of hydrogen-bond donors (Lipinski definition) is 1. The van der Waals surface area contributed by atoms with Crippen LogP contribution in [0.4, 0.5) is 0 Å². The van der Waals surface area contributed by atoms with Gasteiger partial charge in [-0.15, -0.1) is 0 Å². The Morgan fingerprint density at radius 1 is 1.19 bits per heavy atom. The van der Waals surface area contributed by atoms with E-state index in [0.717, 1.165) is 26.9 Å². The predicted octanol–water partition coefficient (Wildman–Crippen LogP) is 5.32. The normalized spacial score (nSPS) is 12.3. The van der Waals surface area contributed by atoms with Crippen molar-refractivity contribution in [3.8, 4) is 5.75 Å². The molecule has 0 bridgehead atoms. The van der Waals surface area contributed by atoms with Gasteiger partial charge in [0.1, 0.15) is 5.75 Å². The zero-order valence-electron chi connectivity index (χ0n) is 11.8. The lowest BCUT2D eigenvalue weighted by Crippen LogP contribution is -2.14. The van der Waals surface area contributed by atoms with Crippen molar-refractivity contribution in [1.82, 2.24) is 0 Å². The fourth-order valence-electron chi connectivity index (χ4n) is 2.17. The number of halogens is 3. The fraction of sp³-hybridized carbons (Fsp3) is 0.250. The maximum Gasteiger partial charge on any atom is 0.123 e. The molecule has 1 unspecified atom stereocenters. The van der Waals surface area contributed by atoms with Gasteiger partial charge in [0.25, 0.3) is 0 Å². The number of rotatable bonds is 4. The molecule has 0 saturated carbocycles. The Morgan fingerprint density at radius 3 is 2.52 bits per heavy atom. The van der Waals surface area contributed by atoms with Crippen molar-refractivity contribution in [2.24, 2.45) is 5.73 Å². The Morgan fingerprint density at radius 2 is 1.90 bits per heavy atom. The van der Waals surface area contributed by atoms with Gasteiger partial charge < -0.3 is 10.5 Å². The lowest BCUT2D eigenvalue weighted by molar-refractivity contribution is 0.405. The van der Waals surface area contributed by atoms with Gasteiger partial charge >= 0.3 is 0 Å². The van der Waals surface area contributed by atoms with Crippen molar-refractivity contribution < 1.29 is 4.74 Å². The van der Waals surface area contributed by atoms with E-state index in [-0.39, 0.29) is 6.04 Å². The smallest absolute Gasteiger partial charge is 0.123 e. The first-order valence-electron chi connectivity index (χ1n) is 6.46. The predicted molar refractivity (Wildman–Crippen MR) is 92.5 cm³/mol. The molecule has 2 N–H and O–H groups in total. The summed E-state index contributed by atoms with van der Waals surface area (Å²) in [4.78, 5) is 0. The first kappa shape index (κ1) is 16.6. The van der Waals surface area contributed by atoms with E-state index >= 15 is 0 Å². The van der Waals surface area contributed by atoms with Gasteiger partial charge in [0.2, 0.25) is 0 Å². The summed E-state index contributed by atoms with van der Waals surface area (Å²) in [6.45, 7) is 2.01. The topological polar surface area (TPSA) is 35.2 Å². The summed E-state index contributed by atoms with van der Waals surface area (Å²) in [5.74, 6) is 0.795. The molecule has 21 heavy (non-hydrogen) atoms. The highest BCUT2D eigenvalue weighted by Gasteiger charge is 2.15. The first-order chi connectivity index (χ1) is 9.92. The zero-order valence-corrected chi connectivity index (χ0v) is 14.9. The van der Waals surface area contributed by atoms with E-state index in [1.54, 1.807) is 13.2 Å². The number of nitrogens with two attached hydrogens (primary N) is 1. The largest absolute Gasteiger partial charge is 0.496 e. The van der Waals surface area contributed by atoms with Gasteiger partial charge in [0.15, 0.2) is 0 Å². The second-order valence-corrected chi connectivity index (χ2v) is 6.57. The molecule has 0 heterocycles. The van der Waals surface area contributed by atoms with Crippen molar-refractivity contribution in [3.63, 3.8) is 0 Å². The van der Waals surface area contributed by atoms with Crippen LogP contribution in [0.15, 0.2) is 34.8 Å². The summed E-state index contributed by atoms with van der Waals surface area (Å²) in [5, 5.41) is 1.09. The Labute approximate surface area is 143 Å². The summed E-state index contributed by atoms with van der Waals surface area (Å²) >= 11 is 15.5. The molecule has 0 aliphatic heterocycles. The van der Waals surface area contributed by atoms with Gasteiger partial charge in [-0.05, 0) is 48.7 Å². The third kappa shape index (κ3) is 3.92. The highest BCUT2D eigenvalue weighted by atomic mass is 79.9. The first-order valence-corrected chi connectivity index (χ1v) is 8.00. The minimum absolute atomic E-state index is 0.186. The van der Waals surface area contributed by atoms with Gasteiger partial charge in [-0.3, -0.25) is 0 Å². The molecule has 0 aliphatic carbocycles. The quantitative estimate of drug-likeness (QED) is 0.769. The third-order valence-electron chi connectivity index (χ3n) is 3.35. The third-order valence-corrected chi connectivity index (χ3v) is 4.94. The molecule has 0 aliphatic rings. The zero-order chi connectivity index (χ0) is 15.6. The number of aryl methyl sites for hydroxylation is 1. The van der Waals surface area contributed by atoms with Crippen LogP contribution in [-0.4, -0.2) is 7.11 Å². The highest BCUT2D eigenvalue weighted by molar-refractivity contribution is 9.10. The van der Waals surface area contributed by atoms with E-state index in [9.17, 15) is 0 Å². The standard InChI is InChI=1S/C16H16BrCl2NO/c1-9-5-16(21-2)11(8-12(9)17)15(20)7-10-3-4-13(18)14(19)6-10/h3-6,8,15H,7,20H2,1-2H3. The number of methoxy groups -OCH3 is 1. The summed E-state index contributed by atoms with van der Waals surface area (Å²) in [5.41, 5.74) is 9.44. The van der Waals surface area contributed by atoms with E-state index in [1.165, 1.54) is 0 Å². The molecule has 2 rings (SSSR count). The molecular formula is C16H16BrCl2NO. The van der Waals surface area contributed by atoms with Crippen LogP contribution in [0.25, 0.3) is 0 Å². The molecule has 2 aromatic carbocycles. The molecule has 5 heteroatoms. The molecule has 0 spiro atoms. The van der Waals surface area contributed by atoms with Crippen molar-refractivity contribution in [2.75, 3.05) is 7.11 Å². The SMILES string of the molecule is COc1cc(C)c(Br)cc1C(N)Cc1ccc(Cl)c(Cl)c1. The van der Waals surface area contributed by atoms with Crippen LogP contribution in [0.5, 0.6) is 5.75 Å². The van der Waals surface area contributed by atoms with E-state index < -0.39 is 0 Å². The van der Waals surface area contributed by atoms with Crippen LogP contribution in [0.3, 0.4) is 0 Å². The molecule has 1 atom stereocenters. The molecular weight excluding hydrogens is 373 g/mol. The van der Waals surface area contributed by atoms with Crippen molar-refractivity contribution >= 4 is 39.1 Å². The minimum Gasteiger partial charge on any atom is -0.496 e. The van der Waals surface area contributed by atoms with Crippen molar-refractivity contribution in [1.29, 1.82) is 0 Å². The van der Waals surface area contributed by atoms with Gasteiger partial charge in [-0.1, -0.05) is 45.2 Å². The highest BCUT2D eigenvalue weighted by Crippen LogP contribution is 2.32. The van der Waals surface area contributed by atoms with Gasteiger partial charge in [0, 0.05) is 16.1 Å². The Bertz CT molecular complexity index is 661. The number of hydrogen-bond acceptors (Lipinski definition) is 2. The van der Waals surface area contributed by atoms with Crippen LogP contribution in [0.2, 0.25) is 10.0 Å². The summed E-state index contributed by atoms with van der Waals surface area (Å²) in [7, 11) is 1.65. The second kappa shape index (κ2) is 7.01. The van der Waals surface area contributed by atoms with E-state index in [4.69, 9.17) is 33.7 Å². The number of ether oxygens (including phenoxy) is 1. The molecule has 0 fully saturated rings. The van der Waals surface area contributed by atoms with Crippen LogP contribution >= 0.6 is 39.1 Å². The molecule has 2 aromatic rings. The molecule has 0 aromatic heterocycles. The summed E-state index contributed by atoms with van der Waals surface area (Å²) < 4.78 is 6.45. The van der Waals surface area contributed by atoms with E-state index in [2.05, 4.69) is 15.9 Å². The van der Waals surface area contributed by atoms with Gasteiger partial charge in [-0.25, -0.2) is 0 Å². The van der Waals surface area contributed by atoms with Gasteiger partial charge in [-0.2, -0.15) is 0 Å². The molecule has 0 radical (unpaired) electrons. The molecule has 2 nitrogen and oxygen atoms in total. The summed E-state index contributed by atoms with van der Waals surface area (Å²) in [6, 6.07) is 9.37. The lowest BCUT2D eigenvalue weighted by atomic mass is 9.98. The maximum atomic E-state index is 6.33. The molecule has 112 valence electrons. The van der Waals surface area contributed by atoms with Crippen molar-refractivity contribution in [2.45, 2.75) is 19.4 Å². The monoisotopic (exact) mass is 387 g/mol. The Balaban J connectivity index is 2.29. The number of benzene rings is 2. The summed E-state index contributed by atoms with van der Waals surface area (Å²) in [6.07, 6.45) is 0.656. The average Bonchev–Trinajstić information content (AvgIpc) is 2.45. The lowest BCUT2D eigenvalue weighted by Gasteiger charge is -2.17. The molecule has 0 saturated heterocycles. The van der Waals surface area contributed by atoms with E-state index in [1.807, 2.05) is 31.2 Å². The van der Waals surface area contributed by atoms with Crippen molar-refractivity contribution in [3.05, 3.63) is 61.5 Å². The van der Waals surface area contributed by atoms with Gasteiger partial charge in [0.05, 0.1) is 17.2 Å². The van der Waals surface area contributed by atoms with Crippen LogP contribution < -0.4 is 10.5 Å². The second-order valence-electron chi connectivity index (χ2n) is 4.90. The molecule has 0 amide bonds. The maximum absolute atomic E-state index is 6.33. The van der Waals surface area contributed by atoms with E-state index in [0.29, 0.717) is 16.5 Å². The average molecular weight is 389 g/mol. The fourth-order valence-corrected chi connectivity index (χ4v) is 2.85. The minimum atomic E-state index is -0.186. The Kier molecular flexibility index (Phi) is 5.55. The Hall–Kier alpha value is -0.740.